The first-order valence-corrected chi connectivity index (χ1v) is 4.55. The van der Waals surface area contributed by atoms with E-state index in [2.05, 4.69) is 27.8 Å². The van der Waals surface area contributed by atoms with E-state index in [0.29, 0.717) is 0 Å². The van der Waals surface area contributed by atoms with E-state index in [0.717, 1.165) is 22.0 Å². The molecule has 0 heterocycles. The first kappa shape index (κ1) is 8.91. The van der Waals surface area contributed by atoms with E-state index in [4.69, 9.17) is 12.8 Å². The van der Waals surface area contributed by atoms with Crippen LogP contribution in [0.15, 0.2) is 18.2 Å². The van der Waals surface area contributed by atoms with Crippen molar-refractivity contribution in [1.82, 2.24) is 0 Å². The van der Waals surface area contributed by atoms with Crippen molar-refractivity contribution in [2.75, 3.05) is 0 Å². The van der Waals surface area contributed by atoms with Crippen molar-refractivity contribution < 1.29 is 0 Å². The van der Waals surface area contributed by atoms with Crippen LogP contribution in [0.2, 0.25) is 0 Å². The van der Waals surface area contributed by atoms with Crippen molar-refractivity contribution in [3.63, 3.8) is 0 Å². The summed E-state index contributed by atoms with van der Waals surface area (Å²) in [7, 11) is 0. The van der Waals surface area contributed by atoms with Gasteiger partial charge in [0.2, 0.25) is 0 Å². The lowest BCUT2D eigenvalue weighted by atomic mass is 10.1. The van der Waals surface area contributed by atoms with Crippen LogP contribution in [-0.4, -0.2) is 0 Å². The number of alkyl halides is 1. The summed E-state index contributed by atoms with van der Waals surface area (Å²) in [5.74, 6) is 5.12. The van der Waals surface area contributed by atoms with Crippen LogP contribution < -0.4 is 0 Å². The predicted molar refractivity (Wildman–Crippen MR) is 54.9 cm³/mol. The molecule has 0 saturated heterocycles. The van der Waals surface area contributed by atoms with Crippen LogP contribution in [0.25, 0.3) is 0 Å². The highest BCUT2D eigenvalue weighted by Gasteiger charge is 1.95. The zero-order valence-corrected chi connectivity index (χ0v) is 8.06. The van der Waals surface area contributed by atoms with Crippen LogP contribution in [-0.2, 0) is 5.33 Å². The minimum absolute atomic E-state index is 0.775. The fourth-order valence-electron chi connectivity index (χ4n) is 0.936. The molecule has 0 atom stereocenters. The van der Waals surface area contributed by atoms with Gasteiger partial charge in [-0.1, -0.05) is 27.8 Å². The van der Waals surface area contributed by atoms with Gasteiger partial charge in [-0.15, -0.1) is 12.8 Å². The lowest BCUT2D eigenvalue weighted by Crippen LogP contribution is -1.84. The Morgan fingerprint density at radius 2 is 1.58 bits per heavy atom. The van der Waals surface area contributed by atoms with Crippen molar-refractivity contribution in [1.29, 1.82) is 0 Å². The van der Waals surface area contributed by atoms with Crippen LogP contribution in [0.3, 0.4) is 0 Å². The van der Waals surface area contributed by atoms with E-state index in [1.807, 2.05) is 18.2 Å². The van der Waals surface area contributed by atoms with Crippen molar-refractivity contribution in [2.45, 2.75) is 5.33 Å². The van der Waals surface area contributed by atoms with Crippen LogP contribution in [0.1, 0.15) is 16.7 Å². The monoisotopic (exact) mass is 218 g/mol. The number of benzene rings is 1. The standard InChI is InChI=1S/C11H7Br/c1-3-9-5-10(4-2)7-11(6-9)8-12/h1-2,5-7H,8H2. The lowest BCUT2D eigenvalue weighted by Gasteiger charge is -1.98. The topological polar surface area (TPSA) is 0 Å². The molecule has 0 aliphatic rings. The second-order valence-corrected chi connectivity index (χ2v) is 2.90. The van der Waals surface area contributed by atoms with Gasteiger partial charge < -0.3 is 0 Å². The largest absolute Gasteiger partial charge is 0.115 e. The molecule has 0 aliphatic carbocycles. The third kappa shape index (κ3) is 1.91. The fraction of sp³-hybridized carbons (Fsp3) is 0.0909. The SMILES string of the molecule is C#Cc1cc(C#C)cc(CBr)c1. The molecule has 0 nitrogen and oxygen atoms in total. The fourth-order valence-corrected chi connectivity index (χ4v) is 1.26. The molecular formula is C11H7Br. The quantitative estimate of drug-likeness (QED) is 0.503. The summed E-state index contributed by atoms with van der Waals surface area (Å²) in [6.45, 7) is 0. The van der Waals surface area contributed by atoms with Gasteiger partial charge in [-0.2, -0.15) is 0 Å². The van der Waals surface area contributed by atoms with E-state index in [-0.39, 0.29) is 0 Å². The average Bonchev–Trinajstić information content (AvgIpc) is 2.16. The zero-order chi connectivity index (χ0) is 8.97. The second-order valence-electron chi connectivity index (χ2n) is 2.34. The normalized spacial score (nSPS) is 8.58. The maximum absolute atomic E-state index is 5.26. The van der Waals surface area contributed by atoms with Gasteiger partial charge in [-0.3, -0.25) is 0 Å². The highest BCUT2D eigenvalue weighted by atomic mass is 79.9. The van der Waals surface area contributed by atoms with Crippen molar-refractivity contribution >= 4 is 15.9 Å². The molecule has 0 fully saturated rings. The Hall–Kier alpha value is -1.18. The van der Waals surface area contributed by atoms with Gasteiger partial charge in [0, 0.05) is 16.5 Å². The number of hydrogen-bond acceptors (Lipinski definition) is 0. The highest BCUT2D eigenvalue weighted by Crippen LogP contribution is 2.11. The van der Waals surface area contributed by atoms with Crippen LogP contribution in [0, 0.1) is 24.7 Å². The van der Waals surface area contributed by atoms with Crippen molar-refractivity contribution in [3.05, 3.63) is 34.9 Å². The Labute approximate surface area is 81.1 Å². The maximum atomic E-state index is 5.26. The van der Waals surface area contributed by atoms with Gasteiger partial charge >= 0.3 is 0 Å². The summed E-state index contributed by atoms with van der Waals surface area (Å²) in [6, 6.07) is 5.71. The Balaban J connectivity index is 3.24. The number of rotatable bonds is 1. The Morgan fingerprint density at radius 1 is 1.08 bits per heavy atom. The van der Waals surface area contributed by atoms with Gasteiger partial charge in [-0.05, 0) is 23.8 Å². The molecule has 0 N–H and O–H groups in total. The van der Waals surface area contributed by atoms with Crippen molar-refractivity contribution in [2.24, 2.45) is 0 Å². The van der Waals surface area contributed by atoms with E-state index >= 15 is 0 Å². The Morgan fingerprint density at radius 3 is 1.92 bits per heavy atom. The molecule has 0 bridgehead atoms. The summed E-state index contributed by atoms with van der Waals surface area (Å²) < 4.78 is 0. The molecule has 0 spiro atoms. The molecule has 1 aromatic carbocycles. The maximum Gasteiger partial charge on any atom is 0.0283 e. The predicted octanol–water partition coefficient (Wildman–Crippen LogP) is 2.54. The number of terminal acetylenes is 2. The zero-order valence-electron chi connectivity index (χ0n) is 6.47. The molecule has 0 aliphatic heterocycles. The lowest BCUT2D eigenvalue weighted by molar-refractivity contribution is 1.41. The third-order valence-electron chi connectivity index (χ3n) is 1.48. The molecule has 0 unspecified atom stereocenters. The Bertz CT molecular complexity index is 331. The average molecular weight is 219 g/mol. The minimum Gasteiger partial charge on any atom is -0.115 e. The first-order chi connectivity index (χ1) is 5.80. The summed E-state index contributed by atoms with van der Waals surface area (Å²) in [4.78, 5) is 0. The van der Waals surface area contributed by atoms with E-state index in [1.165, 1.54) is 0 Å². The Kier molecular flexibility index (Phi) is 2.97. The summed E-state index contributed by atoms with van der Waals surface area (Å²) in [5, 5.41) is 0.775. The number of hydrogen-bond donors (Lipinski definition) is 0. The highest BCUT2D eigenvalue weighted by molar-refractivity contribution is 9.08. The molecule has 1 heteroatoms. The third-order valence-corrected chi connectivity index (χ3v) is 2.13. The molecular weight excluding hydrogens is 212 g/mol. The summed E-state index contributed by atoms with van der Waals surface area (Å²) in [6.07, 6.45) is 10.5. The molecule has 12 heavy (non-hydrogen) atoms. The smallest absolute Gasteiger partial charge is 0.0283 e. The van der Waals surface area contributed by atoms with Crippen LogP contribution in [0.4, 0.5) is 0 Å². The second kappa shape index (κ2) is 4.00. The first-order valence-electron chi connectivity index (χ1n) is 3.43. The van der Waals surface area contributed by atoms with Gasteiger partial charge in [-0.25, -0.2) is 0 Å². The van der Waals surface area contributed by atoms with Crippen LogP contribution in [0.5, 0.6) is 0 Å². The van der Waals surface area contributed by atoms with Crippen LogP contribution >= 0.6 is 15.9 Å². The molecule has 0 saturated carbocycles. The van der Waals surface area contributed by atoms with E-state index in [1.54, 1.807) is 0 Å². The van der Waals surface area contributed by atoms with E-state index < -0.39 is 0 Å². The minimum atomic E-state index is 0.775. The van der Waals surface area contributed by atoms with E-state index in [9.17, 15) is 0 Å². The molecule has 1 aromatic rings. The summed E-state index contributed by atoms with van der Waals surface area (Å²) in [5.41, 5.74) is 2.78. The van der Waals surface area contributed by atoms with Gasteiger partial charge in [0.15, 0.2) is 0 Å². The molecule has 1 rings (SSSR count). The molecule has 0 radical (unpaired) electrons. The molecule has 0 aromatic heterocycles. The van der Waals surface area contributed by atoms with Crippen molar-refractivity contribution in [3.8, 4) is 24.7 Å². The summed E-state index contributed by atoms with van der Waals surface area (Å²) >= 11 is 3.35. The number of halogens is 1. The molecule has 0 amide bonds. The van der Waals surface area contributed by atoms with Gasteiger partial charge in [0.05, 0.1) is 0 Å². The van der Waals surface area contributed by atoms with Gasteiger partial charge in [0.1, 0.15) is 0 Å². The van der Waals surface area contributed by atoms with Gasteiger partial charge in [0.25, 0.3) is 0 Å². The molecule has 58 valence electrons.